The molecule has 1 heterocycles. The van der Waals surface area contributed by atoms with Crippen LogP contribution >= 0.6 is 0 Å². The maximum absolute atomic E-state index is 14.6. The van der Waals surface area contributed by atoms with E-state index in [0.29, 0.717) is 43.6 Å². The molecule has 4 unspecified atom stereocenters. The highest BCUT2D eigenvalue weighted by Crippen LogP contribution is 2.65. The highest BCUT2D eigenvalue weighted by molar-refractivity contribution is 5.98. The van der Waals surface area contributed by atoms with Gasteiger partial charge in [-0.15, -0.1) is 6.58 Å². The average Bonchev–Trinajstić information content (AvgIpc) is 3.68. The predicted molar refractivity (Wildman–Crippen MR) is 213 cm³/mol. The van der Waals surface area contributed by atoms with Crippen molar-refractivity contribution in [1.82, 2.24) is 31.5 Å². The zero-order chi connectivity index (χ0) is 38.5. The molecule has 3 aliphatic rings. The molecule has 6 atom stereocenters. The van der Waals surface area contributed by atoms with Crippen LogP contribution in [0, 0.1) is 34.5 Å². The fourth-order valence-corrected chi connectivity index (χ4v) is 8.16. The zero-order valence-corrected chi connectivity index (χ0v) is 33.8. The molecule has 2 saturated carbocycles. The minimum atomic E-state index is -0.591. The molecule has 0 aromatic carbocycles. The highest BCUT2D eigenvalue weighted by Gasteiger charge is 2.64. The molecule has 0 bridgehead atoms. The molecule has 0 spiro atoms. The lowest BCUT2D eigenvalue weighted by Gasteiger charge is -2.39. The Hall–Kier alpha value is -3.23. The summed E-state index contributed by atoms with van der Waals surface area (Å²) in [7, 11) is 1.86. The second-order valence-electron chi connectivity index (χ2n) is 16.5. The van der Waals surface area contributed by atoms with Crippen molar-refractivity contribution in [3.63, 3.8) is 0 Å². The summed E-state index contributed by atoms with van der Waals surface area (Å²) in [5, 5.41) is 16.1. The number of nitrogens with one attached hydrogen (secondary N) is 5. The van der Waals surface area contributed by atoms with E-state index in [0.717, 1.165) is 69.2 Å². The van der Waals surface area contributed by atoms with E-state index in [2.05, 4.69) is 94.4 Å². The molecule has 290 valence electrons. The smallest absolute Gasteiger partial charge is 0.315 e. The Morgan fingerprint density at radius 2 is 1.61 bits per heavy atom. The molecule has 9 heteroatoms. The van der Waals surface area contributed by atoms with Crippen molar-refractivity contribution in [2.24, 2.45) is 34.5 Å². The van der Waals surface area contributed by atoms with Gasteiger partial charge in [-0.3, -0.25) is 9.59 Å². The molecular weight excluding hydrogens is 637 g/mol. The highest BCUT2D eigenvalue weighted by atomic mass is 16.2. The molecule has 3 amide bonds. The summed E-state index contributed by atoms with van der Waals surface area (Å²) in [6, 6.07) is -1.41. The molecule has 3 fully saturated rings. The van der Waals surface area contributed by atoms with E-state index >= 15 is 0 Å². The van der Waals surface area contributed by atoms with Gasteiger partial charge in [-0.2, -0.15) is 0 Å². The maximum Gasteiger partial charge on any atom is 0.315 e. The van der Waals surface area contributed by atoms with Crippen LogP contribution in [-0.4, -0.2) is 67.4 Å². The van der Waals surface area contributed by atoms with E-state index in [1.54, 1.807) is 6.08 Å². The first-order valence-corrected chi connectivity index (χ1v) is 19.8. The number of unbranched alkanes of at least 4 members (excludes halogenated alkanes) is 1. The number of carbonyl (C=O) groups excluding carboxylic acids is 3. The lowest BCUT2D eigenvalue weighted by atomic mass is 9.82. The monoisotopic (exact) mass is 711 g/mol. The Kier molecular flexibility index (Phi) is 17.3. The van der Waals surface area contributed by atoms with Crippen molar-refractivity contribution < 1.29 is 14.4 Å². The van der Waals surface area contributed by atoms with Gasteiger partial charge in [-0.25, -0.2) is 4.79 Å². The number of hydrogen-bond acceptors (Lipinski definition) is 6. The summed E-state index contributed by atoms with van der Waals surface area (Å²) < 4.78 is 0. The molecule has 51 heavy (non-hydrogen) atoms. The number of fused-ring (bicyclic) bond motifs is 1. The van der Waals surface area contributed by atoms with Gasteiger partial charge in [0.1, 0.15) is 6.04 Å². The molecule has 1 aliphatic heterocycles. The van der Waals surface area contributed by atoms with E-state index in [-0.39, 0.29) is 46.4 Å². The van der Waals surface area contributed by atoms with E-state index < -0.39 is 12.1 Å². The maximum atomic E-state index is 14.6. The summed E-state index contributed by atoms with van der Waals surface area (Å²) in [4.78, 5) is 43.7. The largest absolute Gasteiger partial charge is 0.392 e. The van der Waals surface area contributed by atoms with Crippen LogP contribution in [0.2, 0.25) is 0 Å². The van der Waals surface area contributed by atoms with Crippen molar-refractivity contribution in [1.29, 1.82) is 0 Å². The number of rotatable bonds is 19. The van der Waals surface area contributed by atoms with Gasteiger partial charge in [0, 0.05) is 50.0 Å². The Balaban J connectivity index is 0.00000442. The standard InChI is InChI=1S/C40H68N6O3.C2H6/c1-12-14-20-32(36(47)28(5)42-23-13-2)43-27(4)30-24-46(25-31-34(30)40(31,9)10)37(48)35(29-18-16-15-17-19-29)45-38(49)44-33(39(6,7)8)22-21-26(3)41-11;1-2/h13,29-35,41-43H,2-5,12,14-25H2,1,6-11H3,(H2,44,45,49);1-2H3/t30?,31-,32?,33?,34+,35?;/m0./s1. The van der Waals surface area contributed by atoms with Crippen molar-refractivity contribution >= 4 is 17.7 Å². The van der Waals surface area contributed by atoms with E-state index in [9.17, 15) is 14.4 Å². The van der Waals surface area contributed by atoms with Gasteiger partial charge < -0.3 is 31.5 Å². The zero-order valence-electron chi connectivity index (χ0n) is 33.8. The molecule has 1 saturated heterocycles. The third-order valence-electron chi connectivity index (χ3n) is 11.6. The van der Waals surface area contributed by atoms with Gasteiger partial charge in [0.05, 0.1) is 11.7 Å². The Bertz CT molecular complexity index is 1210. The number of amides is 3. The number of ketones is 1. The van der Waals surface area contributed by atoms with Crippen LogP contribution in [0.4, 0.5) is 4.79 Å². The van der Waals surface area contributed by atoms with Crippen LogP contribution in [-0.2, 0) is 9.59 Å². The molecule has 9 nitrogen and oxygen atoms in total. The SMILES string of the molecule is C=CCNC(=C)C(=O)C(CCCC)NC(=C)C1CN(C(=O)C(NC(=O)NC(CCC(=C)NC)C(C)(C)C)C2CCCCC2)C[C@H]2[C@@H]1C2(C)C.CC. The van der Waals surface area contributed by atoms with E-state index in [4.69, 9.17) is 0 Å². The van der Waals surface area contributed by atoms with Gasteiger partial charge in [0.25, 0.3) is 0 Å². The van der Waals surface area contributed by atoms with Gasteiger partial charge in [0.2, 0.25) is 5.91 Å². The van der Waals surface area contributed by atoms with Crippen LogP contribution < -0.4 is 26.6 Å². The summed E-state index contributed by atoms with van der Waals surface area (Å²) >= 11 is 0. The van der Waals surface area contributed by atoms with Crippen molar-refractivity contribution in [2.75, 3.05) is 26.7 Å². The predicted octanol–water partition coefficient (Wildman–Crippen LogP) is 7.44. The number of piperidine rings is 1. The Morgan fingerprint density at radius 1 is 0.961 bits per heavy atom. The van der Waals surface area contributed by atoms with Crippen LogP contribution in [0.5, 0.6) is 0 Å². The molecule has 0 radical (unpaired) electrons. The van der Waals surface area contributed by atoms with Crippen LogP contribution in [0.15, 0.2) is 49.5 Å². The van der Waals surface area contributed by atoms with Crippen molar-refractivity contribution in [3.05, 3.63) is 49.5 Å². The molecular formula is C42H74N6O3. The lowest BCUT2D eigenvalue weighted by molar-refractivity contribution is -0.136. The fraction of sp³-hybridized carbons (Fsp3) is 0.738. The number of nitrogens with zero attached hydrogens (tertiary/aromatic N) is 1. The molecule has 2 aliphatic carbocycles. The average molecular weight is 711 g/mol. The summed E-state index contributed by atoms with van der Waals surface area (Å²) in [5.74, 6) is 0.717. The summed E-state index contributed by atoms with van der Waals surface area (Å²) in [6.07, 6.45) is 10.9. The van der Waals surface area contributed by atoms with E-state index in [1.165, 1.54) is 0 Å². The van der Waals surface area contributed by atoms with E-state index in [1.807, 2.05) is 25.8 Å². The first-order chi connectivity index (χ1) is 24.1. The van der Waals surface area contributed by atoms with Crippen LogP contribution in [0.25, 0.3) is 0 Å². The summed E-state index contributed by atoms with van der Waals surface area (Å²) in [5.41, 5.74) is 1.98. The number of allylic oxidation sites excluding steroid dienone is 1. The summed E-state index contributed by atoms with van der Waals surface area (Å²) in [6.45, 7) is 35.0. The Morgan fingerprint density at radius 3 is 2.18 bits per heavy atom. The fourth-order valence-electron chi connectivity index (χ4n) is 8.16. The van der Waals surface area contributed by atoms with Crippen molar-refractivity contribution in [3.8, 4) is 0 Å². The minimum absolute atomic E-state index is 0.00233. The quantitative estimate of drug-likeness (QED) is 0.0704. The van der Waals surface area contributed by atoms with Crippen LogP contribution in [0.3, 0.4) is 0 Å². The molecule has 0 aromatic heterocycles. The van der Waals surface area contributed by atoms with Crippen LogP contribution in [0.1, 0.15) is 120 Å². The number of hydrogen-bond donors (Lipinski definition) is 5. The third-order valence-corrected chi connectivity index (χ3v) is 11.6. The first-order valence-electron chi connectivity index (χ1n) is 19.8. The second-order valence-corrected chi connectivity index (χ2v) is 16.5. The molecule has 3 rings (SSSR count). The third kappa shape index (κ3) is 12.2. The first kappa shape index (κ1) is 43.9. The van der Waals surface area contributed by atoms with Gasteiger partial charge in [-0.05, 0) is 60.7 Å². The normalized spacial score (nSPS) is 22.7. The second kappa shape index (κ2) is 20.1. The lowest BCUT2D eigenvalue weighted by Crippen LogP contribution is -2.58. The van der Waals surface area contributed by atoms with Gasteiger partial charge in [-0.1, -0.05) is 113 Å². The molecule has 0 aromatic rings. The number of likely N-dealkylation sites (tertiary alicyclic amines) is 1. The number of Topliss-reactive ketones (excluding diaryl/α,β-unsaturated/α-hetero) is 1. The van der Waals surface area contributed by atoms with Gasteiger partial charge >= 0.3 is 6.03 Å². The topological polar surface area (TPSA) is 115 Å². The number of carbonyl (C=O) groups is 3. The molecule has 5 N–H and O–H groups in total. The minimum Gasteiger partial charge on any atom is -0.392 e. The van der Waals surface area contributed by atoms with Gasteiger partial charge in [0.15, 0.2) is 5.78 Å². The van der Waals surface area contributed by atoms with Crippen molar-refractivity contribution in [2.45, 2.75) is 138 Å². The Labute approximate surface area is 311 Å². The number of urea groups is 1.